The number of aromatic nitrogens is 2. The van der Waals surface area contributed by atoms with Crippen LogP contribution in [0.2, 0.25) is 0 Å². The fourth-order valence-electron chi connectivity index (χ4n) is 2.89. The largest absolute Gasteiger partial charge is 0.466 e. The van der Waals surface area contributed by atoms with Crippen molar-refractivity contribution in [3.63, 3.8) is 0 Å². The maximum absolute atomic E-state index is 12.3. The molecule has 1 aliphatic heterocycles. The smallest absolute Gasteiger partial charge is 0.355 e. The zero-order valence-electron chi connectivity index (χ0n) is 14.7. The van der Waals surface area contributed by atoms with Crippen LogP contribution in [-0.2, 0) is 37.5 Å². The number of ether oxygens (including phenoxy) is 3. The van der Waals surface area contributed by atoms with Crippen molar-refractivity contribution in [2.45, 2.75) is 6.61 Å². The van der Waals surface area contributed by atoms with E-state index in [2.05, 4.69) is 4.98 Å². The van der Waals surface area contributed by atoms with Gasteiger partial charge in [0.2, 0.25) is 0 Å². The van der Waals surface area contributed by atoms with Gasteiger partial charge in [0.1, 0.15) is 24.9 Å². The van der Waals surface area contributed by atoms with Crippen LogP contribution < -0.4 is 4.90 Å². The molecule has 0 saturated heterocycles. The van der Waals surface area contributed by atoms with Crippen molar-refractivity contribution >= 4 is 28.7 Å². The number of nitrogens with zero attached hydrogens (tertiary/aromatic N) is 3. The number of aliphatic hydroxyl groups is 1. The summed E-state index contributed by atoms with van der Waals surface area (Å²) in [6.07, 6.45) is 0. The van der Waals surface area contributed by atoms with Gasteiger partial charge in [0.15, 0.2) is 0 Å². The van der Waals surface area contributed by atoms with Gasteiger partial charge in [-0.1, -0.05) is 0 Å². The summed E-state index contributed by atoms with van der Waals surface area (Å²) in [5, 5.41) is 9.37. The molecule has 2 aromatic rings. The first kappa shape index (κ1) is 17.9. The topological polar surface area (TPSA) is 103 Å². The van der Waals surface area contributed by atoms with Crippen molar-refractivity contribution in [2.75, 3.05) is 32.5 Å². The van der Waals surface area contributed by atoms with Crippen molar-refractivity contribution in [1.82, 2.24) is 9.55 Å². The number of carbonyl (C=O) groups is 2. The van der Waals surface area contributed by atoms with Gasteiger partial charge >= 0.3 is 11.9 Å². The maximum atomic E-state index is 12.3. The average molecular weight is 361 g/mol. The van der Waals surface area contributed by atoms with E-state index < -0.39 is 11.9 Å². The minimum absolute atomic E-state index is 0.0475. The molecule has 0 saturated carbocycles. The fourth-order valence-corrected chi connectivity index (χ4v) is 2.89. The van der Waals surface area contributed by atoms with E-state index in [1.807, 2.05) is 6.07 Å². The number of esters is 2. The van der Waals surface area contributed by atoms with Crippen LogP contribution in [0.5, 0.6) is 0 Å². The summed E-state index contributed by atoms with van der Waals surface area (Å²) in [5.41, 5.74) is 2.23. The standard InChI is InChI=1S/C17H19N3O6/c1-19-13-5-4-10(6-12(13)18-14(19)7-21)20-9-26-8-11(16(22)24-2)15(20)17(23)25-3/h4-6,21H,7-9H2,1-3H3. The van der Waals surface area contributed by atoms with Crippen LogP contribution in [0.3, 0.4) is 0 Å². The molecule has 1 aromatic carbocycles. The number of benzene rings is 1. The second kappa shape index (κ2) is 7.14. The number of carbonyl (C=O) groups excluding carboxylic acids is 2. The summed E-state index contributed by atoms with van der Waals surface area (Å²) >= 11 is 0. The van der Waals surface area contributed by atoms with E-state index in [1.54, 1.807) is 23.7 Å². The molecule has 0 aliphatic carbocycles. The normalized spacial score (nSPS) is 14.7. The lowest BCUT2D eigenvalue weighted by Crippen LogP contribution is -2.38. The van der Waals surface area contributed by atoms with E-state index in [9.17, 15) is 14.7 Å². The summed E-state index contributed by atoms with van der Waals surface area (Å²) < 4.78 is 16.8. The van der Waals surface area contributed by atoms with Gasteiger partial charge in [-0.2, -0.15) is 0 Å². The van der Waals surface area contributed by atoms with Gasteiger partial charge in [0.25, 0.3) is 0 Å². The molecule has 2 heterocycles. The second-order valence-corrected chi connectivity index (χ2v) is 5.63. The Morgan fingerprint density at radius 2 is 2.00 bits per heavy atom. The Labute approximate surface area is 149 Å². The molecule has 0 spiro atoms. The lowest BCUT2D eigenvalue weighted by molar-refractivity contribution is -0.140. The Morgan fingerprint density at radius 3 is 2.65 bits per heavy atom. The molecule has 0 unspecified atom stereocenters. The van der Waals surface area contributed by atoms with Gasteiger partial charge in [0.05, 0.1) is 37.4 Å². The van der Waals surface area contributed by atoms with Crippen LogP contribution in [0, 0.1) is 0 Å². The van der Waals surface area contributed by atoms with Crippen LogP contribution in [0.25, 0.3) is 11.0 Å². The van der Waals surface area contributed by atoms with Gasteiger partial charge in [0, 0.05) is 12.7 Å². The number of methoxy groups -OCH3 is 2. The maximum Gasteiger partial charge on any atom is 0.355 e. The number of rotatable bonds is 4. The highest BCUT2D eigenvalue weighted by Gasteiger charge is 2.32. The molecule has 1 aromatic heterocycles. The Bertz CT molecular complexity index is 901. The van der Waals surface area contributed by atoms with Crippen LogP contribution >= 0.6 is 0 Å². The molecule has 9 nitrogen and oxygen atoms in total. The summed E-state index contributed by atoms with van der Waals surface area (Å²) in [6.45, 7) is -0.169. The highest BCUT2D eigenvalue weighted by Crippen LogP contribution is 2.29. The van der Waals surface area contributed by atoms with Crippen molar-refractivity contribution in [3.05, 3.63) is 35.3 Å². The first-order valence-electron chi connectivity index (χ1n) is 7.83. The van der Waals surface area contributed by atoms with Crippen molar-refractivity contribution in [1.29, 1.82) is 0 Å². The number of hydrogen-bond donors (Lipinski definition) is 1. The Hall–Kier alpha value is -2.91. The molecule has 0 amide bonds. The van der Waals surface area contributed by atoms with Crippen LogP contribution in [0.4, 0.5) is 5.69 Å². The summed E-state index contributed by atoms with van der Waals surface area (Å²) in [5.74, 6) is -0.798. The molecule has 9 heteroatoms. The number of imidazole rings is 1. The lowest BCUT2D eigenvalue weighted by Gasteiger charge is -2.31. The Kier molecular flexibility index (Phi) is 4.92. The third kappa shape index (κ3) is 2.91. The van der Waals surface area contributed by atoms with Crippen LogP contribution in [0.15, 0.2) is 29.5 Å². The second-order valence-electron chi connectivity index (χ2n) is 5.63. The molecule has 0 radical (unpaired) electrons. The molecule has 138 valence electrons. The third-order valence-corrected chi connectivity index (χ3v) is 4.24. The number of aliphatic hydroxyl groups excluding tert-OH is 1. The van der Waals surface area contributed by atoms with E-state index in [0.717, 1.165) is 5.52 Å². The van der Waals surface area contributed by atoms with Gasteiger partial charge in [-0.05, 0) is 18.2 Å². The van der Waals surface area contributed by atoms with Gasteiger partial charge in [-0.25, -0.2) is 14.6 Å². The van der Waals surface area contributed by atoms with Crippen LogP contribution in [0.1, 0.15) is 5.82 Å². The lowest BCUT2D eigenvalue weighted by atomic mass is 10.1. The van der Waals surface area contributed by atoms with Gasteiger partial charge in [-0.3, -0.25) is 0 Å². The number of hydrogen-bond acceptors (Lipinski definition) is 8. The van der Waals surface area contributed by atoms with Gasteiger partial charge in [-0.15, -0.1) is 0 Å². The van der Waals surface area contributed by atoms with Crippen LogP contribution in [-0.4, -0.2) is 54.2 Å². The summed E-state index contributed by atoms with van der Waals surface area (Å²) in [7, 11) is 4.28. The quantitative estimate of drug-likeness (QED) is 0.784. The van der Waals surface area contributed by atoms with E-state index in [0.29, 0.717) is 17.0 Å². The van der Waals surface area contributed by atoms with Crippen molar-refractivity contribution in [3.8, 4) is 0 Å². The molecule has 26 heavy (non-hydrogen) atoms. The van der Waals surface area contributed by atoms with E-state index in [1.165, 1.54) is 19.1 Å². The first-order chi connectivity index (χ1) is 12.5. The fraction of sp³-hybridized carbons (Fsp3) is 0.353. The molecule has 0 atom stereocenters. The van der Waals surface area contributed by atoms with E-state index >= 15 is 0 Å². The van der Waals surface area contributed by atoms with E-state index in [-0.39, 0.29) is 31.2 Å². The van der Waals surface area contributed by atoms with Crippen molar-refractivity contribution < 1.29 is 28.9 Å². The Balaban J connectivity index is 2.12. The third-order valence-electron chi connectivity index (χ3n) is 4.24. The zero-order valence-corrected chi connectivity index (χ0v) is 14.7. The SMILES string of the molecule is COC(=O)C1=C(C(=O)OC)N(c2ccc3c(c2)nc(CO)n3C)COC1. The molecule has 1 aliphatic rings. The highest BCUT2D eigenvalue weighted by atomic mass is 16.5. The minimum atomic E-state index is -0.661. The number of anilines is 1. The zero-order chi connectivity index (χ0) is 18.8. The number of aryl methyl sites for hydroxylation is 1. The molecule has 0 bridgehead atoms. The van der Waals surface area contributed by atoms with E-state index in [4.69, 9.17) is 14.2 Å². The Morgan fingerprint density at radius 1 is 1.27 bits per heavy atom. The summed E-state index contributed by atoms with van der Waals surface area (Å²) in [6, 6.07) is 5.34. The van der Waals surface area contributed by atoms with Gasteiger partial charge < -0.3 is 28.8 Å². The molecular formula is C17H19N3O6. The molecule has 1 N–H and O–H groups in total. The molecule has 3 rings (SSSR count). The summed E-state index contributed by atoms with van der Waals surface area (Å²) in [4.78, 5) is 30.3. The monoisotopic (exact) mass is 361 g/mol. The minimum Gasteiger partial charge on any atom is -0.466 e. The average Bonchev–Trinajstić information content (AvgIpc) is 3.01. The molecule has 0 fully saturated rings. The molecular weight excluding hydrogens is 342 g/mol. The van der Waals surface area contributed by atoms with Crippen molar-refractivity contribution in [2.24, 2.45) is 7.05 Å². The number of fused-ring (bicyclic) bond motifs is 1. The first-order valence-corrected chi connectivity index (χ1v) is 7.83. The predicted octanol–water partition coefficient (Wildman–Crippen LogP) is 0.460. The highest BCUT2D eigenvalue weighted by molar-refractivity contribution is 6.03. The predicted molar refractivity (Wildman–Crippen MR) is 91.0 cm³/mol.